The largest absolute Gasteiger partial charge is 0.463 e. The topological polar surface area (TPSA) is 44.8 Å². The first kappa shape index (κ1) is 11.5. The third-order valence-electron chi connectivity index (χ3n) is 2.14. The molecule has 14 heavy (non-hydrogen) atoms. The normalized spacial score (nSPS) is 30.3. The molecule has 0 aromatic heterocycles. The van der Waals surface area contributed by atoms with Crippen LogP contribution in [0.2, 0.25) is 0 Å². The van der Waals surface area contributed by atoms with E-state index < -0.39 is 5.79 Å². The van der Waals surface area contributed by atoms with Crippen molar-refractivity contribution in [2.24, 2.45) is 0 Å². The van der Waals surface area contributed by atoms with E-state index in [0.29, 0.717) is 0 Å². The lowest BCUT2D eigenvalue weighted by Crippen LogP contribution is -2.28. The third-order valence-corrected chi connectivity index (χ3v) is 2.14. The summed E-state index contributed by atoms with van der Waals surface area (Å²) < 4.78 is 16.1. The predicted octanol–water partition coefficient (Wildman–Crippen LogP) is 1.48. The van der Waals surface area contributed by atoms with Crippen LogP contribution in [-0.2, 0) is 19.0 Å². The van der Waals surface area contributed by atoms with Gasteiger partial charge in [-0.05, 0) is 20.3 Å². The number of carbonyl (C=O) groups excluding carboxylic acids is 1. The number of esters is 1. The molecule has 0 aliphatic carbocycles. The molecular formula is C10H18O4. The van der Waals surface area contributed by atoms with Gasteiger partial charge in [0.1, 0.15) is 12.7 Å². The van der Waals surface area contributed by atoms with Gasteiger partial charge in [0.15, 0.2) is 5.79 Å². The summed E-state index contributed by atoms with van der Waals surface area (Å²) in [5.74, 6) is -0.848. The maximum Gasteiger partial charge on any atom is 0.302 e. The Kier molecular flexibility index (Phi) is 3.50. The third kappa shape index (κ3) is 2.96. The molecule has 1 heterocycles. The number of ether oxygens (including phenoxy) is 3. The second kappa shape index (κ2) is 4.28. The first-order chi connectivity index (χ1) is 6.44. The minimum atomic E-state index is -0.564. The molecule has 0 unspecified atom stereocenters. The van der Waals surface area contributed by atoms with Crippen LogP contribution < -0.4 is 0 Å². The van der Waals surface area contributed by atoms with Crippen LogP contribution in [0.25, 0.3) is 0 Å². The van der Waals surface area contributed by atoms with Crippen LogP contribution in [0.4, 0.5) is 0 Å². The number of carbonyl (C=O) groups is 1. The lowest BCUT2D eigenvalue weighted by molar-refractivity contribution is -0.158. The van der Waals surface area contributed by atoms with Crippen LogP contribution >= 0.6 is 0 Å². The molecule has 0 aromatic carbocycles. The van der Waals surface area contributed by atoms with E-state index in [9.17, 15) is 4.79 Å². The molecule has 0 bridgehead atoms. The van der Waals surface area contributed by atoms with E-state index in [-0.39, 0.29) is 24.8 Å². The standard InChI is InChI=1S/C10H18O4/c1-5-8-9(6-12-7(2)11)14-10(3,4)13-8/h8-9H,5-6H2,1-4H3/t8-,9+/m0/s1. The summed E-state index contributed by atoms with van der Waals surface area (Å²) in [7, 11) is 0. The highest BCUT2D eigenvalue weighted by atomic mass is 16.8. The molecule has 0 radical (unpaired) electrons. The molecule has 0 aromatic rings. The molecule has 0 saturated carbocycles. The van der Waals surface area contributed by atoms with Crippen molar-refractivity contribution in [2.75, 3.05) is 6.61 Å². The summed E-state index contributed by atoms with van der Waals surface area (Å²) in [4.78, 5) is 10.6. The van der Waals surface area contributed by atoms with Crippen molar-refractivity contribution in [1.29, 1.82) is 0 Å². The van der Waals surface area contributed by atoms with Crippen molar-refractivity contribution >= 4 is 5.97 Å². The molecule has 4 heteroatoms. The van der Waals surface area contributed by atoms with Crippen molar-refractivity contribution in [3.05, 3.63) is 0 Å². The highest BCUT2D eigenvalue weighted by molar-refractivity contribution is 5.65. The smallest absolute Gasteiger partial charge is 0.302 e. The molecule has 1 saturated heterocycles. The van der Waals surface area contributed by atoms with E-state index in [1.54, 1.807) is 0 Å². The summed E-state index contributed by atoms with van der Waals surface area (Å²) in [5.41, 5.74) is 0. The van der Waals surface area contributed by atoms with Crippen LogP contribution in [0.15, 0.2) is 0 Å². The molecule has 1 aliphatic rings. The van der Waals surface area contributed by atoms with Crippen molar-refractivity contribution in [1.82, 2.24) is 0 Å². The molecule has 1 rings (SSSR count). The SMILES string of the molecule is CC[C@@H]1OC(C)(C)O[C@@H]1COC(C)=O. The fourth-order valence-electron chi connectivity index (χ4n) is 1.60. The average Bonchev–Trinajstić information content (AvgIpc) is 2.37. The zero-order chi connectivity index (χ0) is 10.8. The monoisotopic (exact) mass is 202 g/mol. The van der Waals surface area contributed by atoms with Crippen molar-refractivity contribution < 1.29 is 19.0 Å². The van der Waals surface area contributed by atoms with Gasteiger partial charge in [-0.2, -0.15) is 0 Å². The molecule has 2 atom stereocenters. The van der Waals surface area contributed by atoms with Gasteiger partial charge >= 0.3 is 5.97 Å². The Morgan fingerprint density at radius 1 is 1.36 bits per heavy atom. The van der Waals surface area contributed by atoms with Crippen LogP contribution in [0, 0.1) is 0 Å². The number of hydrogen-bond donors (Lipinski definition) is 0. The average molecular weight is 202 g/mol. The minimum absolute atomic E-state index is 0.0179. The molecule has 82 valence electrons. The van der Waals surface area contributed by atoms with Gasteiger partial charge in [0, 0.05) is 6.92 Å². The first-order valence-electron chi connectivity index (χ1n) is 4.93. The van der Waals surface area contributed by atoms with Gasteiger partial charge in [0.25, 0.3) is 0 Å². The van der Waals surface area contributed by atoms with Crippen molar-refractivity contribution in [2.45, 2.75) is 52.1 Å². The lowest BCUT2D eigenvalue weighted by Gasteiger charge is -2.16. The van der Waals surface area contributed by atoms with E-state index in [1.165, 1.54) is 6.92 Å². The van der Waals surface area contributed by atoms with Gasteiger partial charge in [-0.1, -0.05) is 6.92 Å². The van der Waals surface area contributed by atoms with Gasteiger partial charge < -0.3 is 14.2 Å². The maximum atomic E-state index is 10.6. The van der Waals surface area contributed by atoms with Gasteiger partial charge in [0.2, 0.25) is 0 Å². The van der Waals surface area contributed by atoms with Gasteiger partial charge in [-0.25, -0.2) is 0 Å². The molecular weight excluding hydrogens is 184 g/mol. The Morgan fingerprint density at radius 2 is 1.93 bits per heavy atom. The van der Waals surface area contributed by atoms with Crippen LogP contribution in [0.3, 0.4) is 0 Å². The highest BCUT2D eigenvalue weighted by Gasteiger charge is 2.40. The molecule has 0 amide bonds. The molecule has 0 spiro atoms. The zero-order valence-corrected chi connectivity index (χ0v) is 9.20. The summed E-state index contributed by atoms with van der Waals surface area (Å²) in [6, 6.07) is 0. The second-order valence-corrected chi connectivity index (χ2v) is 3.92. The Bertz CT molecular complexity index is 212. The summed E-state index contributed by atoms with van der Waals surface area (Å²) in [6.45, 7) is 7.42. The molecule has 4 nitrogen and oxygen atoms in total. The van der Waals surface area contributed by atoms with Gasteiger partial charge in [-0.3, -0.25) is 4.79 Å². The quantitative estimate of drug-likeness (QED) is 0.650. The Labute approximate surface area is 84.5 Å². The summed E-state index contributed by atoms with van der Waals surface area (Å²) in [5, 5.41) is 0. The number of hydrogen-bond acceptors (Lipinski definition) is 4. The molecule has 1 fully saturated rings. The zero-order valence-electron chi connectivity index (χ0n) is 9.20. The maximum absolute atomic E-state index is 10.6. The van der Waals surface area contributed by atoms with E-state index >= 15 is 0 Å². The predicted molar refractivity (Wildman–Crippen MR) is 50.7 cm³/mol. The van der Waals surface area contributed by atoms with E-state index in [2.05, 4.69) is 0 Å². The van der Waals surface area contributed by atoms with Crippen LogP contribution in [0.5, 0.6) is 0 Å². The van der Waals surface area contributed by atoms with Crippen molar-refractivity contribution in [3.8, 4) is 0 Å². The number of rotatable bonds is 3. The molecule has 1 aliphatic heterocycles. The lowest BCUT2D eigenvalue weighted by atomic mass is 10.2. The van der Waals surface area contributed by atoms with E-state index in [0.717, 1.165) is 6.42 Å². The van der Waals surface area contributed by atoms with Crippen molar-refractivity contribution in [3.63, 3.8) is 0 Å². The second-order valence-electron chi connectivity index (χ2n) is 3.92. The minimum Gasteiger partial charge on any atom is -0.463 e. The van der Waals surface area contributed by atoms with Crippen LogP contribution in [-0.4, -0.2) is 30.6 Å². The van der Waals surface area contributed by atoms with Gasteiger partial charge in [-0.15, -0.1) is 0 Å². The molecule has 0 N–H and O–H groups in total. The fourth-order valence-corrected chi connectivity index (χ4v) is 1.60. The van der Waals surface area contributed by atoms with E-state index in [1.807, 2.05) is 20.8 Å². The van der Waals surface area contributed by atoms with Crippen LogP contribution in [0.1, 0.15) is 34.1 Å². The Morgan fingerprint density at radius 3 is 2.43 bits per heavy atom. The highest BCUT2D eigenvalue weighted by Crippen LogP contribution is 2.29. The first-order valence-corrected chi connectivity index (χ1v) is 4.93. The summed E-state index contributed by atoms with van der Waals surface area (Å²) >= 11 is 0. The Balaban J connectivity index is 2.47. The Hall–Kier alpha value is -0.610. The van der Waals surface area contributed by atoms with E-state index in [4.69, 9.17) is 14.2 Å². The fraction of sp³-hybridized carbons (Fsp3) is 0.900. The summed E-state index contributed by atoms with van der Waals surface area (Å²) in [6.07, 6.45) is 0.735. The van der Waals surface area contributed by atoms with Gasteiger partial charge in [0.05, 0.1) is 6.10 Å².